The first kappa shape index (κ1) is 8.45. The van der Waals surface area contributed by atoms with E-state index in [1.807, 2.05) is 0 Å². The van der Waals surface area contributed by atoms with Crippen LogP contribution in [0.15, 0.2) is 18.4 Å². The number of halogens is 1. The molecular weight excluding hydrogens is 163 g/mol. The van der Waals surface area contributed by atoms with Gasteiger partial charge in [-0.25, -0.2) is 9.78 Å². The van der Waals surface area contributed by atoms with E-state index in [4.69, 9.17) is 5.11 Å². The fourth-order valence-corrected chi connectivity index (χ4v) is 0.698. The topological polar surface area (TPSA) is 55.1 Å². The van der Waals surface area contributed by atoms with Gasteiger partial charge in [-0.05, 0) is 0 Å². The molecule has 0 unspecified atom stereocenters. The van der Waals surface area contributed by atoms with Gasteiger partial charge in [0.25, 0.3) is 0 Å². The second-order valence-corrected chi connectivity index (χ2v) is 2.23. The van der Waals surface area contributed by atoms with Gasteiger partial charge >= 0.3 is 5.97 Å². The van der Waals surface area contributed by atoms with Crippen LogP contribution >= 0.6 is 0 Å². The minimum atomic E-state index is -1.57. The summed E-state index contributed by atoms with van der Waals surface area (Å²) in [7, 11) is 1.65. The molecule has 0 aliphatic rings. The molecule has 0 aliphatic carbocycles. The average molecular weight is 170 g/mol. The minimum absolute atomic E-state index is 0.412. The van der Waals surface area contributed by atoms with E-state index in [1.54, 1.807) is 7.05 Å². The summed E-state index contributed by atoms with van der Waals surface area (Å²) in [5.41, 5.74) is 0.412. The Kier molecular flexibility index (Phi) is 2.23. The largest absolute Gasteiger partial charge is 0.476 e. The highest BCUT2D eigenvalue weighted by atomic mass is 19.1. The molecule has 0 aromatic carbocycles. The van der Waals surface area contributed by atoms with Crippen LogP contribution in [-0.4, -0.2) is 20.6 Å². The summed E-state index contributed by atoms with van der Waals surface area (Å²) in [6.45, 7) is 0. The van der Waals surface area contributed by atoms with E-state index in [1.165, 1.54) is 17.1 Å². The van der Waals surface area contributed by atoms with Crippen molar-refractivity contribution >= 4 is 12.0 Å². The number of carbonyl (C=O) groups is 1. The number of aromatic nitrogens is 2. The van der Waals surface area contributed by atoms with Crippen molar-refractivity contribution < 1.29 is 14.3 Å². The summed E-state index contributed by atoms with van der Waals surface area (Å²) >= 11 is 0. The zero-order chi connectivity index (χ0) is 9.14. The average Bonchev–Trinajstić information content (AvgIpc) is 2.36. The van der Waals surface area contributed by atoms with Gasteiger partial charge < -0.3 is 9.67 Å². The molecule has 0 saturated carbocycles. The molecule has 1 aromatic rings. The van der Waals surface area contributed by atoms with E-state index in [9.17, 15) is 9.18 Å². The predicted molar refractivity (Wildman–Crippen MR) is 39.9 cm³/mol. The van der Waals surface area contributed by atoms with Crippen LogP contribution in [-0.2, 0) is 11.8 Å². The van der Waals surface area contributed by atoms with Gasteiger partial charge in [0.1, 0.15) is 0 Å². The number of carboxylic acid groups (broad SMARTS) is 1. The first-order valence-electron chi connectivity index (χ1n) is 3.18. The van der Waals surface area contributed by atoms with Crippen molar-refractivity contribution in [2.45, 2.75) is 0 Å². The highest BCUT2D eigenvalue weighted by Gasteiger charge is 2.05. The lowest BCUT2D eigenvalue weighted by atomic mass is 10.4. The highest BCUT2D eigenvalue weighted by Crippen LogP contribution is 2.05. The van der Waals surface area contributed by atoms with Gasteiger partial charge in [0.05, 0.1) is 18.2 Å². The van der Waals surface area contributed by atoms with Crippen LogP contribution in [0.2, 0.25) is 0 Å². The van der Waals surface area contributed by atoms with Crippen LogP contribution in [0.4, 0.5) is 4.39 Å². The van der Waals surface area contributed by atoms with Crippen molar-refractivity contribution in [3.63, 3.8) is 0 Å². The summed E-state index contributed by atoms with van der Waals surface area (Å²) < 4.78 is 14.0. The predicted octanol–water partition coefficient (Wildman–Crippen LogP) is 0.815. The Morgan fingerprint density at radius 2 is 2.50 bits per heavy atom. The summed E-state index contributed by atoms with van der Waals surface area (Å²) in [6, 6.07) is 0. The Balaban J connectivity index is 2.95. The van der Waals surface area contributed by atoms with E-state index in [0.717, 1.165) is 6.08 Å². The molecule has 1 aromatic heterocycles. The molecule has 0 radical (unpaired) electrons. The molecule has 0 atom stereocenters. The van der Waals surface area contributed by atoms with Crippen molar-refractivity contribution in [1.29, 1.82) is 0 Å². The molecule has 0 aliphatic heterocycles. The Morgan fingerprint density at radius 1 is 1.83 bits per heavy atom. The van der Waals surface area contributed by atoms with Crippen LogP contribution in [0.3, 0.4) is 0 Å². The third kappa shape index (κ3) is 1.69. The monoisotopic (exact) mass is 170 g/mol. The van der Waals surface area contributed by atoms with Gasteiger partial charge in [-0.2, -0.15) is 4.39 Å². The highest BCUT2D eigenvalue weighted by molar-refractivity contribution is 5.89. The quantitative estimate of drug-likeness (QED) is 0.668. The van der Waals surface area contributed by atoms with Gasteiger partial charge in [-0.15, -0.1) is 0 Å². The normalized spacial score (nSPS) is 11.7. The number of rotatable bonds is 2. The number of imidazole rings is 1. The van der Waals surface area contributed by atoms with Gasteiger partial charge in [0.2, 0.25) is 5.83 Å². The van der Waals surface area contributed by atoms with Crippen LogP contribution in [0.25, 0.3) is 6.08 Å². The Morgan fingerprint density at radius 3 is 2.92 bits per heavy atom. The smallest absolute Gasteiger partial charge is 0.364 e. The lowest BCUT2D eigenvalue weighted by molar-refractivity contribution is -0.134. The van der Waals surface area contributed by atoms with Crippen LogP contribution in [0.1, 0.15) is 5.69 Å². The van der Waals surface area contributed by atoms with Crippen LogP contribution in [0.5, 0.6) is 0 Å². The molecule has 1 rings (SSSR count). The second kappa shape index (κ2) is 3.17. The van der Waals surface area contributed by atoms with E-state index >= 15 is 0 Å². The van der Waals surface area contributed by atoms with Crippen molar-refractivity contribution in [2.24, 2.45) is 7.05 Å². The molecule has 1 N–H and O–H groups in total. The standard InChI is InChI=1S/C7H7FN2O2/c1-10-4-9-3-5(10)2-6(8)7(11)12/h2-4H,1H3,(H,11,12)/b6-2+. The maximum Gasteiger partial charge on any atom is 0.364 e. The summed E-state index contributed by atoms with van der Waals surface area (Å²) in [5, 5.41) is 8.20. The van der Waals surface area contributed by atoms with Gasteiger partial charge in [-0.1, -0.05) is 0 Å². The SMILES string of the molecule is Cn1cncc1/C=C(/F)C(=O)O. The van der Waals surface area contributed by atoms with Gasteiger partial charge in [0, 0.05) is 13.1 Å². The van der Waals surface area contributed by atoms with E-state index in [2.05, 4.69) is 4.98 Å². The first-order chi connectivity index (χ1) is 5.61. The Hall–Kier alpha value is -1.65. The molecule has 0 fully saturated rings. The molecule has 4 nitrogen and oxygen atoms in total. The summed E-state index contributed by atoms with van der Waals surface area (Å²) in [4.78, 5) is 13.8. The van der Waals surface area contributed by atoms with Crippen molar-refractivity contribution in [2.75, 3.05) is 0 Å². The molecular formula is C7H7FN2O2. The second-order valence-electron chi connectivity index (χ2n) is 2.23. The van der Waals surface area contributed by atoms with Crippen molar-refractivity contribution in [3.05, 3.63) is 24.0 Å². The zero-order valence-corrected chi connectivity index (χ0v) is 6.36. The van der Waals surface area contributed by atoms with Crippen molar-refractivity contribution in [1.82, 2.24) is 9.55 Å². The third-order valence-electron chi connectivity index (χ3n) is 1.33. The maximum atomic E-state index is 12.5. The number of carboxylic acids is 1. The maximum absolute atomic E-state index is 12.5. The van der Waals surface area contributed by atoms with Crippen molar-refractivity contribution in [3.8, 4) is 0 Å². The molecule has 64 valence electrons. The number of aliphatic carboxylic acids is 1. The number of nitrogens with zero attached hydrogens (tertiary/aromatic N) is 2. The molecule has 12 heavy (non-hydrogen) atoms. The van der Waals surface area contributed by atoms with Crippen LogP contribution < -0.4 is 0 Å². The van der Waals surface area contributed by atoms with E-state index in [0.29, 0.717) is 5.69 Å². The molecule has 0 bridgehead atoms. The third-order valence-corrected chi connectivity index (χ3v) is 1.33. The first-order valence-corrected chi connectivity index (χ1v) is 3.18. The van der Waals surface area contributed by atoms with Crippen LogP contribution in [0, 0.1) is 0 Å². The fraction of sp³-hybridized carbons (Fsp3) is 0.143. The van der Waals surface area contributed by atoms with Gasteiger partial charge in [-0.3, -0.25) is 0 Å². The Labute approximate surface area is 68.0 Å². The minimum Gasteiger partial charge on any atom is -0.476 e. The van der Waals surface area contributed by atoms with Gasteiger partial charge in [0.15, 0.2) is 0 Å². The lowest BCUT2D eigenvalue weighted by Gasteiger charge is -1.93. The molecule has 0 amide bonds. The molecule has 5 heteroatoms. The summed E-state index contributed by atoms with van der Waals surface area (Å²) in [5.74, 6) is -2.77. The zero-order valence-electron chi connectivity index (χ0n) is 6.36. The molecule has 0 spiro atoms. The number of aryl methyl sites for hydroxylation is 1. The molecule has 1 heterocycles. The van der Waals surface area contributed by atoms with E-state index < -0.39 is 11.8 Å². The molecule has 0 saturated heterocycles. The fourth-order valence-electron chi connectivity index (χ4n) is 0.698. The lowest BCUT2D eigenvalue weighted by Crippen LogP contribution is -1.96. The van der Waals surface area contributed by atoms with E-state index in [-0.39, 0.29) is 0 Å². The number of hydrogen-bond acceptors (Lipinski definition) is 2. The Bertz CT molecular complexity index is 330. The number of hydrogen-bond donors (Lipinski definition) is 1. The summed E-state index contributed by atoms with van der Waals surface area (Å²) in [6.07, 6.45) is 3.75.